The molecule has 0 radical (unpaired) electrons. The maximum Gasteiger partial charge on any atom is 0.316 e. The summed E-state index contributed by atoms with van der Waals surface area (Å²) in [4.78, 5) is 26.4. The summed E-state index contributed by atoms with van der Waals surface area (Å²) in [6, 6.07) is 12.4. The molecule has 6 heteroatoms. The van der Waals surface area contributed by atoms with Crippen LogP contribution in [0.25, 0.3) is 0 Å². The maximum absolute atomic E-state index is 12.6. The van der Waals surface area contributed by atoms with E-state index < -0.39 is 11.8 Å². The van der Waals surface area contributed by atoms with E-state index in [0.29, 0.717) is 0 Å². The molecule has 1 N–H and O–H groups in total. The lowest BCUT2D eigenvalue weighted by atomic mass is 10.1. The van der Waals surface area contributed by atoms with Crippen LogP contribution in [0.5, 0.6) is 0 Å². The average molecular weight is 349 g/mol. The summed E-state index contributed by atoms with van der Waals surface area (Å²) in [5.74, 6) is -1.39. The van der Waals surface area contributed by atoms with Crippen molar-refractivity contribution in [3.05, 3.63) is 58.1 Å². The molecular weight excluding hydrogens is 335 g/mol. The lowest BCUT2D eigenvalue weighted by Crippen LogP contribution is -2.43. The molecule has 4 nitrogen and oxygen atoms in total. The number of hydrogen-bond donors (Lipinski definition) is 1. The molecule has 1 aliphatic rings. The number of nitrogens with one attached hydrogen (secondary N) is 1. The van der Waals surface area contributed by atoms with Gasteiger partial charge < -0.3 is 10.2 Å². The van der Waals surface area contributed by atoms with Gasteiger partial charge >= 0.3 is 11.8 Å². The largest absolute Gasteiger partial charge is 0.316 e. The van der Waals surface area contributed by atoms with Crippen molar-refractivity contribution in [1.29, 1.82) is 0 Å². The van der Waals surface area contributed by atoms with Crippen LogP contribution in [0.1, 0.15) is 12.5 Å². The van der Waals surface area contributed by atoms with Gasteiger partial charge in [-0.1, -0.05) is 47.5 Å². The number of para-hydroxylation sites is 2. The second-order valence-corrected chi connectivity index (χ2v) is 6.22. The van der Waals surface area contributed by atoms with Crippen molar-refractivity contribution in [2.75, 3.05) is 10.2 Å². The molecule has 2 amide bonds. The Kier molecular flexibility index (Phi) is 4.28. The van der Waals surface area contributed by atoms with Crippen molar-refractivity contribution in [1.82, 2.24) is 0 Å². The number of halogens is 2. The molecule has 0 saturated carbocycles. The standard InChI is InChI=1S/C17H14Cl2N2O2/c1-10-9-11-5-2-3-8-14(11)21(10)17(23)16(22)20-15-12(18)6-4-7-13(15)19/h2-8,10H,9H2,1H3,(H,20,22). The fraction of sp³-hybridized carbons (Fsp3) is 0.176. The molecule has 0 saturated heterocycles. The molecule has 0 bridgehead atoms. The fourth-order valence-corrected chi connectivity index (χ4v) is 3.26. The molecule has 1 heterocycles. The van der Waals surface area contributed by atoms with Crippen LogP contribution in [0.2, 0.25) is 10.0 Å². The van der Waals surface area contributed by atoms with E-state index in [1.807, 2.05) is 31.2 Å². The van der Waals surface area contributed by atoms with Gasteiger partial charge in [-0.15, -0.1) is 0 Å². The minimum atomic E-state index is -0.761. The van der Waals surface area contributed by atoms with Crippen molar-refractivity contribution in [2.24, 2.45) is 0 Å². The Balaban J connectivity index is 1.85. The summed E-state index contributed by atoms with van der Waals surface area (Å²) in [5, 5.41) is 3.08. The topological polar surface area (TPSA) is 49.4 Å². The molecule has 1 aliphatic heterocycles. The van der Waals surface area contributed by atoms with Gasteiger partial charge in [0.1, 0.15) is 0 Å². The minimum absolute atomic E-state index is 0.0765. The first-order chi connectivity index (χ1) is 11.0. The highest BCUT2D eigenvalue weighted by Crippen LogP contribution is 2.33. The first-order valence-corrected chi connectivity index (χ1v) is 7.91. The second kappa shape index (κ2) is 6.22. The Hall–Kier alpha value is -2.04. The number of fused-ring (bicyclic) bond motifs is 1. The van der Waals surface area contributed by atoms with Gasteiger partial charge in [0.15, 0.2) is 0 Å². The zero-order valence-corrected chi connectivity index (χ0v) is 13.9. The zero-order chi connectivity index (χ0) is 16.6. The van der Waals surface area contributed by atoms with Gasteiger partial charge in [0.25, 0.3) is 0 Å². The van der Waals surface area contributed by atoms with Crippen LogP contribution in [0, 0.1) is 0 Å². The Bertz CT molecular complexity index is 772. The van der Waals surface area contributed by atoms with Crippen molar-refractivity contribution >= 4 is 46.4 Å². The quantitative estimate of drug-likeness (QED) is 0.794. The van der Waals surface area contributed by atoms with E-state index in [9.17, 15) is 9.59 Å². The molecule has 0 aromatic heterocycles. The third-order valence-electron chi connectivity index (χ3n) is 3.82. The second-order valence-electron chi connectivity index (χ2n) is 5.41. The van der Waals surface area contributed by atoms with Crippen LogP contribution < -0.4 is 10.2 Å². The Morgan fingerprint density at radius 1 is 1.09 bits per heavy atom. The van der Waals surface area contributed by atoms with Crippen LogP contribution in [-0.2, 0) is 16.0 Å². The number of carbonyl (C=O) groups excluding carboxylic acids is 2. The van der Waals surface area contributed by atoms with Gasteiger partial charge in [-0.2, -0.15) is 0 Å². The van der Waals surface area contributed by atoms with E-state index in [2.05, 4.69) is 5.32 Å². The number of amides is 2. The molecule has 1 unspecified atom stereocenters. The first-order valence-electron chi connectivity index (χ1n) is 7.15. The number of carbonyl (C=O) groups is 2. The van der Waals surface area contributed by atoms with Crippen LogP contribution >= 0.6 is 23.2 Å². The number of rotatable bonds is 1. The van der Waals surface area contributed by atoms with E-state index in [1.165, 1.54) is 4.90 Å². The third-order valence-corrected chi connectivity index (χ3v) is 4.45. The number of anilines is 2. The third kappa shape index (κ3) is 2.92. The summed E-state index contributed by atoms with van der Waals surface area (Å²) in [5.41, 5.74) is 2.07. The molecule has 2 aromatic rings. The van der Waals surface area contributed by atoms with Crippen molar-refractivity contribution in [3.8, 4) is 0 Å². The van der Waals surface area contributed by atoms with Gasteiger partial charge in [-0.25, -0.2) is 0 Å². The van der Waals surface area contributed by atoms with E-state index in [0.717, 1.165) is 17.7 Å². The van der Waals surface area contributed by atoms with Crippen LogP contribution in [0.15, 0.2) is 42.5 Å². The Morgan fingerprint density at radius 2 is 1.74 bits per heavy atom. The van der Waals surface area contributed by atoms with Crippen LogP contribution in [0.3, 0.4) is 0 Å². The van der Waals surface area contributed by atoms with Gasteiger partial charge in [0, 0.05) is 11.7 Å². The molecule has 118 valence electrons. The van der Waals surface area contributed by atoms with Crippen LogP contribution in [0.4, 0.5) is 11.4 Å². The van der Waals surface area contributed by atoms with E-state index in [4.69, 9.17) is 23.2 Å². The van der Waals surface area contributed by atoms with Gasteiger partial charge in [-0.05, 0) is 37.1 Å². The fourth-order valence-electron chi connectivity index (χ4n) is 2.77. The molecule has 23 heavy (non-hydrogen) atoms. The average Bonchev–Trinajstić information content (AvgIpc) is 2.86. The van der Waals surface area contributed by atoms with Crippen LogP contribution in [-0.4, -0.2) is 17.9 Å². The van der Waals surface area contributed by atoms with Gasteiger partial charge in [-0.3, -0.25) is 9.59 Å². The van der Waals surface area contributed by atoms with Crippen molar-refractivity contribution in [3.63, 3.8) is 0 Å². The van der Waals surface area contributed by atoms with Gasteiger partial charge in [0.2, 0.25) is 0 Å². The maximum atomic E-state index is 12.6. The summed E-state index contributed by atoms with van der Waals surface area (Å²) < 4.78 is 0. The predicted octanol–water partition coefficient (Wildman–Crippen LogP) is 3.91. The Morgan fingerprint density at radius 3 is 2.43 bits per heavy atom. The summed E-state index contributed by atoms with van der Waals surface area (Å²) >= 11 is 12.0. The first kappa shape index (κ1) is 15.8. The predicted molar refractivity (Wildman–Crippen MR) is 92.2 cm³/mol. The molecule has 3 rings (SSSR count). The molecule has 1 atom stereocenters. The smallest absolute Gasteiger partial charge is 0.315 e. The highest BCUT2D eigenvalue weighted by Gasteiger charge is 2.34. The van der Waals surface area contributed by atoms with E-state index >= 15 is 0 Å². The number of benzene rings is 2. The summed E-state index contributed by atoms with van der Waals surface area (Å²) in [7, 11) is 0. The Labute approximate surface area is 144 Å². The number of hydrogen-bond acceptors (Lipinski definition) is 2. The van der Waals surface area contributed by atoms with Crippen molar-refractivity contribution < 1.29 is 9.59 Å². The summed E-state index contributed by atoms with van der Waals surface area (Å²) in [6.45, 7) is 1.91. The molecule has 2 aromatic carbocycles. The SMILES string of the molecule is CC1Cc2ccccc2N1C(=O)C(=O)Nc1c(Cl)cccc1Cl. The molecular formula is C17H14Cl2N2O2. The zero-order valence-electron chi connectivity index (χ0n) is 12.3. The number of nitrogens with zero attached hydrogens (tertiary/aromatic N) is 1. The lowest BCUT2D eigenvalue weighted by molar-refractivity contribution is -0.134. The molecule has 0 fully saturated rings. The van der Waals surface area contributed by atoms with E-state index in [-0.39, 0.29) is 21.8 Å². The molecule has 0 aliphatic carbocycles. The molecule has 0 spiro atoms. The van der Waals surface area contributed by atoms with Crippen molar-refractivity contribution in [2.45, 2.75) is 19.4 Å². The monoisotopic (exact) mass is 348 g/mol. The lowest BCUT2D eigenvalue weighted by Gasteiger charge is -2.22. The minimum Gasteiger partial charge on any atom is -0.315 e. The van der Waals surface area contributed by atoms with Gasteiger partial charge in [0.05, 0.1) is 15.7 Å². The normalized spacial score (nSPS) is 16.1. The highest BCUT2D eigenvalue weighted by molar-refractivity contribution is 6.47. The van der Waals surface area contributed by atoms with E-state index in [1.54, 1.807) is 18.2 Å². The summed E-state index contributed by atoms with van der Waals surface area (Å²) in [6.07, 6.45) is 0.724. The highest BCUT2D eigenvalue weighted by atomic mass is 35.5.